The van der Waals surface area contributed by atoms with E-state index in [1.54, 1.807) is 13.0 Å². The van der Waals surface area contributed by atoms with Crippen molar-refractivity contribution in [1.29, 1.82) is 0 Å². The van der Waals surface area contributed by atoms with Crippen LogP contribution in [0, 0.1) is 17.0 Å². The number of nitrogens with zero attached hydrogens (tertiary/aromatic N) is 2. The summed E-state index contributed by atoms with van der Waals surface area (Å²) in [5.41, 5.74) is 5.67. The Labute approximate surface area is 105 Å². The average molecular weight is 252 g/mol. The lowest BCUT2D eigenvalue weighted by Gasteiger charge is -2.06. The molecule has 0 aliphatic heterocycles. The van der Waals surface area contributed by atoms with Crippen LogP contribution in [0.1, 0.15) is 25.0 Å². The maximum Gasteiger partial charge on any atom is 0.311 e. The predicted molar refractivity (Wildman–Crippen MR) is 67.2 cm³/mol. The van der Waals surface area contributed by atoms with Crippen LogP contribution in [0.3, 0.4) is 0 Å². The topological polar surface area (TPSA) is 111 Å². The van der Waals surface area contributed by atoms with Gasteiger partial charge in [0.15, 0.2) is 0 Å². The van der Waals surface area contributed by atoms with Crippen molar-refractivity contribution in [3.05, 3.63) is 27.9 Å². The molecular weight excluding hydrogens is 236 g/mol. The minimum absolute atomic E-state index is 0.0458. The summed E-state index contributed by atoms with van der Waals surface area (Å²) >= 11 is 0. The largest absolute Gasteiger partial charge is 0.370 e. The van der Waals surface area contributed by atoms with Gasteiger partial charge < -0.3 is 11.1 Å². The van der Waals surface area contributed by atoms with Crippen LogP contribution in [0.4, 0.5) is 11.5 Å². The summed E-state index contributed by atoms with van der Waals surface area (Å²) in [5, 5.41) is 13.7. The number of unbranched alkanes of at least 4 members (excludes halogenated alkanes) is 1. The first-order valence-electron chi connectivity index (χ1n) is 5.65. The third kappa shape index (κ3) is 4.36. The van der Waals surface area contributed by atoms with Crippen molar-refractivity contribution in [2.75, 3.05) is 11.9 Å². The second-order valence-electron chi connectivity index (χ2n) is 3.93. The number of primary amides is 1. The zero-order valence-corrected chi connectivity index (χ0v) is 10.2. The Kier molecular flexibility index (Phi) is 5.04. The number of aryl methyl sites for hydroxylation is 1. The van der Waals surface area contributed by atoms with Crippen molar-refractivity contribution in [3.63, 3.8) is 0 Å². The number of amides is 1. The number of nitrogens with two attached hydrogens (primary N) is 1. The van der Waals surface area contributed by atoms with Crippen molar-refractivity contribution in [3.8, 4) is 0 Å². The molecule has 1 aromatic rings. The standard InChI is InChI=1S/C11H16N4O3/c1-8-5-6-9(15(17)18)11(14-8)13-7-3-2-4-10(12)16/h5-6H,2-4,7H2,1H3,(H2,12,16)(H,13,14). The van der Waals surface area contributed by atoms with Gasteiger partial charge in [0, 0.05) is 24.7 Å². The lowest BCUT2D eigenvalue weighted by molar-refractivity contribution is -0.384. The minimum Gasteiger partial charge on any atom is -0.370 e. The fourth-order valence-electron chi connectivity index (χ4n) is 1.46. The summed E-state index contributed by atoms with van der Waals surface area (Å²) in [7, 11) is 0. The van der Waals surface area contributed by atoms with Gasteiger partial charge in [-0.05, 0) is 25.8 Å². The SMILES string of the molecule is Cc1ccc([N+](=O)[O-])c(NCCCCC(N)=O)n1. The van der Waals surface area contributed by atoms with E-state index in [2.05, 4.69) is 10.3 Å². The van der Waals surface area contributed by atoms with Gasteiger partial charge in [-0.1, -0.05) is 0 Å². The normalized spacial score (nSPS) is 10.1. The molecule has 0 bridgehead atoms. The third-order valence-corrected chi connectivity index (χ3v) is 2.35. The summed E-state index contributed by atoms with van der Waals surface area (Å²) < 4.78 is 0. The summed E-state index contributed by atoms with van der Waals surface area (Å²) in [6, 6.07) is 3.02. The van der Waals surface area contributed by atoms with Gasteiger partial charge in [-0.3, -0.25) is 14.9 Å². The van der Waals surface area contributed by atoms with Crippen molar-refractivity contribution < 1.29 is 9.72 Å². The lowest BCUT2D eigenvalue weighted by atomic mass is 10.2. The van der Waals surface area contributed by atoms with E-state index in [9.17, 15) is 14.9 Å². The van der Waals surface area contributed by atoms with Crippen molar-refractivity contribution in [2.24, 2.45) is 5.73 Å². The van der Waals surface area contributed by atoms with E-state index in [-0.39, 0.29) is 17.4 Å². The smallest absolute Gasteiger partial charge is 0.311 e. The van der Waals surface area contributed by atoms with E-state index < -0.39 is 4.92 Å². The highest BCUT2D eigenvalue weighted by Crippen LogP contribution is 2.21. The molecule has 1 aromatic heterocycles. The number of nitro groups is 1. The first-order chi connectivity index (χ1) is 8.50. The van der Waals surface area contributed by atoms with Crippen LogP contribution in [-0.2, 0) is 4.79 Å². The van der Waals surface area contributed by atoms with E-state index in [1.165, 1.54) is 6.07 Å². The molecule has 0 unspecified atom stereocenters. The molecule has 18 heavy (non-hydrogen) atoms. The van der Waals surface area contributed by atoms with Crippen molar-refractivity contribution in [1.82, 2.24) is 4.98 Å². The Hall–Kier alpha value is -2.18. The molecule has 0 atom stereocenters. The van der Waals surface area contributed by atoms with E-state index in [4.69, 9.17) is 5.73 Å². The number of carbonyl (C=O) groups excluding carboxylic acids is 1. The minimum atomic E-state index is -0.474. The summed E-state index contributed by atoms with van der Waals surface area (Å²) in [6.45, 7) is 2.28. The molecule has 7 nitrogen and oxygen atoms in total. The van der Waals surface area contributed by atoms with Gasteiger partial charge in [0.05, 0.1) is 4.92 Å². The molecule has 3 N–H and O–H groups in total. The first-order valence-corrected chi connectivity index (χ1v) is 5.65. The van der Waals surface area contributed by atoms with E-state index in [0.717, 1.165) is 0 Å². The van der Waals surface area contributed by atoms with Crippen LogP contribution in [0.25, 0.3) is 0 Å². The van der Waals surface area contributed by atoms with E-state index in [0.29, 0.717) is 31.5 Å². The van der Waals surface area contributed by atoms with E-state index in [1.807, 2.05) is 0 Å². The Morgan fingerprint density at radius 2 is 2.22 bits per heavy atom. The number of hydrogen-bond donors (Lipinski definition) is 2. The van der Waals surface area contributed by atoms with Gasteiger partial charge in [0.2, 0.25) is 11.7 Å². The van der Waals surface area contributed by atoms with Crippen LogP contribution in [-0.4, -0.2) is 22.4 Å². The van der Waals surface area contributed by atoms with Gasteiger partial charge >= 0.3 is 5.69 Å². The van der Waals surface area contributed by atoms with Gasteiger partial charge in [-0.25, -0.2) is 4.98 Å². The fourth-order valence-corrected chi connectivity index (χ4v) is 1.46. The Morgan fingerprint density at radius 1 is 1.50 bits per heavy atom. The zero-order valence-electron chi connectivity index (χ0n) is 10.2. The lowest BCUT2D eigenvalue weighted by Crippen LogP contribution is -2.11. The zero-order chi connectivity index (χ0) is 13.5. The Balaban J connectivity index is 2.53. The molecule has 1 amide bonds. The molecule has 0 spiro atoms. The molecule has 98 valence electrons. The summed E-state index contributed by atoms with van der Waals surface area (Å²) in [5.74, 6) is -0.0752. The van der Waals surface area contributed by atoms with Crippen LogP contribution in [0.2, 0.25) is 0 Å². The molecule has 0 fully saturated rings. The summed E-state index contributed by atoms with van der Waals surface area (Å²) in [4.78, 5) is 24.9. The van der Waals surface area contributed by atoms with Gasteiger partial charge in [0.1, 0.15) is 0 Å². The molecule has 0 radical (unpaired) electrons. The number of rotatable bonds is 7. The maximum absolute atomic E-state index is 10.8. The fraction of sp³-hybridized carbons (Fsp3) is 0.455. The molecule has 0 aliphatic rings. The molecule has 7 heteroatoms. The number of carbonyl (C=O) groups is 1. The highest BCUT2D eigenvalue weighted by Gasteiger charge is 2.14. The molecule has 1 heterocycles. The van der Waals surface area contributed by atoms with E-state index >= 15 is 0 Å². The van der Waals surface area contributed by atoms with Gasteiger partial charge in [0.25, 0.3) is 0 Å². The third-order valence-electron chi connectivity index (χ3n) is 2.35. The number of hydrogen-bond acceptors (Lipinski definition) is 5. The Morgan fingerprint density at radius 3 is 2.83 bits per heavy atom. The van der Waals surface area contributed by atoms with Crippen LogP contribution in [0.15, 0.2) is 12.1 Å². The van der Waals surface area contributed by atoms with Gasteiger partial charge in [-0.15, -0.1) is 0 Å². The predicted octanol–water partition coefficient (Wildman–Crippen LogP) is 1.37. The van der Waals surface area contributed by atoms with Crippen molar-refractivity contribution >= 4 is 17.4 Å². The molecule has 0 saturated heterocycles. The number of nitrogens with one attached hydrogen (secondary N) is 1. The molecule has 0 aliphatic carbocycles. The van der Waals surface area contributed by atoms with Gasteiger partial charge in [-0.2, -0.15) is 0 Å². The highest BCUT2D eigenvalue weighted by atomic mass is 16.6. The second kappa shape index (κ2) is 6.53. The maximum atomic E-state index is 10.8. The number of pyridine rings is 1. The first kappa shape index (κ1) is 13.9. The molecule has 1 rings (SSSR count). The highest BCUT2D eigenvalue weighted by molar-refractivity contribution is 5.73. The molecule has 0 saturated carbocycles. The van der Waals surface area contributed by atoms with Crippen LogP contribution in [0.5, 0.6) is 0 Å². The monoisotopic (exact) mass is 252 g/mol. The van der Waals surface area contributed by atoms with Crippen molar-refractivity contribution in [2.45, 2.75) is 26.2 Å². The number of aromatic nitrogens is 1. The average Bonchev–Trinajstić information content (AvgIpc) is 2.27. The molecule has 0 aromatic carbocycles. The molecular formula is C11H16N4O3. The Bertz CT molecular complexity index is 448. The van der Waals surface area contributed by atoms with Crippen LogP contribution < -0.4 is 11.1 Å². The quantitative estimate of drug-likeness (QED) is 0.432. The van der Waals surface area contributed by atoms with Crippen LogP contribution >= 0.6 is 0 Å². The second-order valence-corrected chi connectivity index (χ2v) is 3.93. The summed E-state index contributed by atoms with van der Waals surface area (Å²) in [6.07, 6.45) is 1.68. The number of anilines is 1.